The fraction of sp³-hybridized carbons (Fsp3) is 0.176. The van der Waals surface area contributed by atoms with Crippen LogP contribution < -0.4 is 16.4 Å². The Balaban J connectivity index is 1.44. The highest BCUT2D eigenvalue weighted by molar-refractivity contribution is 5.52. The second kappa shape index (κ2) is 7.30. The molecule has 0 atom stereocenters. The second-order valence-corrected chi connectivity index (χ2v) is 5.74. The number of aliphatic hydroxyl groups excluding tert-OH is 1. The number of anilines is 3. The van der Waals surface area contributed by atoms with Crippen molar-refractivity contribution < 1.29 is 9.52 Å². The van der Waals surface area contributed by atoms with Crippen molar-refractivity contribution in [3.63, 3.8) is 0 Å². The highest BCUT2D eigenvalue weighted by atomic mass is 16.3. The van der Waals surface area contributed by atoms with Gasteiger partial charge in [-0.25, -0.2) is 0 Å². The maximum Gasteiger partial charge on any atom is 0.259 e. The second-order valence-electron chi connectivity index (χ2n) is 5.74. The van der Waals surface area contributed by atoms with Gasteiger partial charge in [0.15, 0.2) is 5.76 Å². The summed E-state index contributed by atoms with van der Waals surface area (Å²) < 4.78 is 6.67. The molecule has 0 aliphatic rings. The fourth-order valence-corrected chi connectivity index (χ4v) is 2.59. The van der Waals surface area contributed by atoms with Gasteiger partial charge in [0, 0.05) is 12.2 Å². The molecule has 0 aliphatic carbocycles. The van der Waals surface area contributed by atoms with Crippen LogP contribution >= 0.6 is 0 Å². The summed E-state index contributed by atoms with van der Waals surface area (Å²) in [5, 5.41) is 19.1. The number of nitrogen functional groups attached to an aromatic ring is 1. The molecule has 4 rings (SSSR count). The lowest BCUT2D eigenvalue weighted by molar-refractivity contribution is 0.325. The lowest BCUT2D eigenvalue weighted by Crippen LogP contribution is -2.12. The summed E-state index contributed by atoms with van der Waals surface area (Å²) >= 11 is 0. The number of fused-ring (bicyclic) bond motifs is 1. The number of hydrogen-bond acceptors (Lipinski definition) is 9. The molecule has 5 N–H and O–H groups in total. The van der Waals surface area contributed by atoms with Crippen molar-refractivity contribution in [1.29, 1.82) is 0 Å². The van der Waals surface area contributed by atoms with E-state index in [1.54, 1.807) is 18.4 Å². The van der Waals surface area contributed by atoms with Gasteiger partial charge in [0.05, 0.1) is 6.26 Å². The van der Waals surface area contributed by atoms with Crippen molar-refractivity contribution in [1.82, 2.24) is 24.6 Å². The Morgan fingerprint density at radius 2 is 1.93 bits per heavy atom. The van der Waals surface area contributed by atoms with Crippen LogP contribution in [0.25, 0.3) is 17.4 Å². The van der Waals surface area contributed by atoms with Crippen LogP contribution in [0.15, 0.2) is 47.1 Å². The smallest absolute Gasteiger partial charge is 0.259 e. The normalized spacial score (nSPS) is 11.0. The highest BCUT2D eigenvalue weighted by Crippen LogP contribution is 2.17. The number of nitrogens with zero attached hydrogens (tertiary/aromatic N) is 5. The van der Waals surface area contributed by atoms with E-state index in [0.717, 1.165) is 17.7 Å². The molecule has 0 unspecified atom stereocenters. The highest BCUT2D eigenvalue weighted by Gasteiger charge is 2.13. The zero-order valence-corrected chi connectivity index (χ0v) is 14.3. The van der Waals surface area contributed by atoms with Gasteiger partial charge in [0.25, 0.3) is 5.78 Å². The Labute approximate surface area is 154 Å². The Hall–Kier alpha value is -3.66. The van der Waals surface area contributed by atoms with Crippen molar-refractivity contribution >= 4 is 23.4 Å². The van der Waals surface area contributed by atoms with Crippen molar-refractivity contribution in [3.8, 4) is 11.6 Å². The molecule has 0 amide bonds. The summed E-state index contributed by atoms with van der Waals surface area (Å²) in [6, 6.07) is 11.3. The van der Waals surface area contributed by atoms with E-state index in [1.165, 1.54) is 4.52 Å². The predicted octanol–water partition coefficient (Wildman–Crippen LogP) is 1.38. The van der Waals surface area contributed by atoms with E-state index in [9.17, 15) is 0 Å². The van der Waals surface area contributed by atoms with Gasteiger partial charge in [-0.2, -0.15) is 19.5 Å². The third kappa shape index (κ3) is 3.65. The Kier molecular flexibility index (Phi) is 4.54. The molecule has 0 aliphatic heterocycles. The molecule has 0 fully saturated rings. The molecule has 138 valence electrons. The van der Waals surface area contributed by atoms with Gasteiger partial charge in [-0.3, -0.25) is 0 Å². The Morgan fingerprint density at radius 3 is 2.67 bits per heavy atom. The van der Waals surface area contributed by atoms with Crippen LogP contribution in [0.1, 0.15) is 5.56 Å². The molecule has 4 aromatic rings. The average molecular weight is 366 g/mol. The van der Waals surface area contributed by atoms with E-state index in [4.69, 9.17) is 15.3 Å². The molecule has 10 heteroatoms. The number of aliphatic hydroxyl groups is 1. The van der Waals surface area contributed by atoms with Gasteiger partial charge in [-0.05, 0) is 36.2 Å². The molecule has 10 nitrogen and oxygen atoms in total. The lowest BCUT2D eigenvalue weighted by atomic mass is 10.1. The van der Waals surface area contributed by atoms with Gasteiger partial charge in [0.1, 0.15) is 6.73 Å². The molecule has 0 spiro atoms. The summed E-state index contributed by atoms with van der Waals surface area (Å²) in [5.74, 6) is 1.85. The van der Waals surface area contributed by atoms with Crippen LogP contribution in [0.4, 0.5) is 17.6 Å². The average Bonchev–Trinajstić information content (AvgIpc) is 3.33. The maximum atomic E-state index is 8.85. The molecule has 1 aromatic carbocycles. The fourth-order valence-electron chi connectivity index (χ4n) is 2.59. The largest absolute Gasteiger partial charge is 0.461 e. The van der Waals surface area contributed by atoms with Gasteiger partial charge < -0.3 is 25.9 Å². The standard InChI is InChI=1S/C17H18N8O2/c18-15-22-16(19-8-7-11-3-5-12(6-4-11)20-10-26)23-17-21-14(24-25(15)17)13-2-1-9-27-13/h1-6,9,20,26H,7-8,10H2,(H3,18,19,21,22,23,24). The summed E-state index contributed by atoms with van der Waals surface area (Å²) in [6.45, 7) is 0.536. The van der Waals surface area contributed by atoms with E-state index < -0.39 is 0 Å². The quantitative estimate of drug-likeness (QED) is 0.357. The van der Waals surface area contributed by atoms with Crippen LogP contribution in [0.3, 0.4) is 0 Å². The Morgan fingerprint density at radius 1 is 1.07 bits per heavy atom. The molecule has 0 radical (unpaired) electrons. The topological polar surface area (TPSA) is 139 Å². The molecule has 0 saturated carbocycles. The molecular formula is C17H18N8O2. The zero-order valence-electron chi connectivity index (χ0n) is 14.3. The summed E-state index contributed by atoms with van der Waals surface area (Å²) in [4.78, 5) is 12.9. The molecule has 3 aromatic heterocycles. The first-order valence-corrected chi connectivity index (χ1v) is 8.34. The van der Waals surface area contributed by atoms with Crippen molar-refractivity contribution in [2.24, 2.45) is 0 Å². The minimum Gasteiger partial charge on any atom is -0.461 e. The minimum atomic E-state index is -0.0909. The van der Waals surface area contributed by atoms with Crippen molar-refractivity contribution in [2.75, 3.05) is 29.6 Å². The van der Waals surface area contributed by atoms with Gasteiger partial charge in [-0.1, -0.05) is 12.1 Å². The Bertz CT molecular complexity index is 1030. The van der Waals surface area contributed by atoms with E-state index in [2.05, 4.69) is 30.7 Å². The van der Waals surface area contributed by atoms with E-state index >= 15 is 0 Å². The number of aromatic nitrogens is 5. The first-order valence-electron chi connectivity index (χ1n) is 8.34. The first kappa shape index (κ1) is 16.8. The summed E-state index contributed by atoms with van der Waals surface area (Å²) in [5.41, 5.74) is 7.97. The predicted molar refractivity (Wildman–Crippen MR) is 100 cm³/mol. The monoisotopic (exact) mass is 366 g/mol. The van der Waals surface area contributed by atoms with Crippen LogP contribution in [-0.4, -0.2) is 42.9 Å². The van der Waals surface area contributed by atoms with Crippen LogP contribution in [0, 0.1) is 0 Å². The summed E-state index contributed by atoms with van der Waals surface area (Å²) in [6.07, 6.45) is 2.33. The van der Waals surface area contributed by atoms with Crippen molar-refractivity contribution in [2.45, 2.75) is 6.42 Å². The molecular weight excluding hydrogens is 348 g/mol. The van der Waals surface area contributed by atoms with Gasteiger partial charge in [-0.15, -0.1) is 5.10 Å². The zero-order chi connectivity index (χ0) is 18.6. The molecule has 27 heavy (non-hydrogen) atoms. The number of furan rings is 1. The van der Waals surface area contributed by atoms with Gasteiger partial charge >= 0.3 is 0 Å². The lowest BCUT2D eigenvalue weighted by Gasteiger charge is -2.07. The van der Waals surface area contributed by atoms with E-state index in [1.807, 2.05) is 24.3 Å². The number of benzene rings is 1. The van der Waals surface area contributed by atoms with Crippen molar-refractivity contribution in [3.05, 3.63) is 48.2 Å². The maximum absolute atomic E-state index is 8.85. The molecule has 0 saturated heterocycles. The van der Waals surface area contributed by atoms with E-state index in [0.29, 0.717) is 29.9 Å². The number of nitrogens with two attached hydrogens (primary N) is 1. The molecule has 3 heterocycles. The number of nitrogens with one attached hydrogen (secondary N) is 2. The number of rotatable bonds is 7. The third-order valence-electron chi connectivity index (χ3n) is 3.91. The van der Waals surface area contributed by atoms with Crippen LogP contribution in [0.2, 0.25) is 0 Å². The third-order valence-corrected chi connectivity index (χ3v) is 3.91. The first-order chi connectivity index (χ1) is 13.2. The van der Waals surface area contributed by atoms with Crippen LogP contribution in [0.5, 0.6) is 0 Å². The van der Waals surface area contributed by atoms with Gasteiger partial charge in [0.2, 0.25) is 17.7 Å². The van der Waals surface area contributed by atoms with Crippen LogP contribution in [-0.2, 0) is 6.42 Å². The molecule has 0 bridgehead atoms. The summed E-state index contributed by atoms with van der Waals surface area (Å²) in [7, 11) is 0. The SMILES string of the molecule is Nc1nc(NCCc2ccc(NCO)cc2)nc2nc(-c3ccco3)nn12. The minimum absolute atomic E-state index is 0.0909. The number of hydrogen-bond donors (Lipinski definition) is 4. The van der Waals surface area contributed by atoms with E-state index in [-0.39, 0.29) is 12.7 Å².